The third-order valence-electron chi connectivity index (χ3n) is 6.35. The van der Waals surface area contributed by atoms with E-state index >= 15 is 0 Å². The number of hydrogen-bond donors (Lipinski definition) is 1. The summed E-state index contributed by atoms with van der Waals surface area (Å²) in [5.74, 6) is 0.294. The van der Waals surface area contributed by atoms with E-state index in [9.17, 15) is 9.18 Å². The first kappa shape index (κ1) is 23.3. The molecule has 8 nitrogen and oxygen atoms in total. The summed E-state index contributed by atoms with van der Waals surface area (Å²) < 4.78 is 16.7. The van der Waals surface area contributed by atoms with Crippen LogP contribution in [0.3, 0.4) is 0 Å². The second-order valence-electron chi connectivity index (χ2n) is 8.87. The van der Waals surface area contributed by atoms with Crippen LogP contribution >= 0.6 is 15.9 Å². The quantitative estimate of drug-likeness (QED) is 0.409. The molecule has 5 rings (SSSR count). The van der Waals surface area contributed by atoms with Crippen LogP contribution in [0, 0.1) is 25.6 Å². The van der Waals surface area contributed by atoms with Gasteiger partial charge in [0.1, 0.15) is 18.0 Å². The van der Waals surface area contributed by atoms with E-state index < -0.39 is 0 Å². The number of anilines is 1. The van der Waals surface area contributed by atoms with E-state index in [4.69, 9.17) is 0 Å². The van der Waals surface area contributed by atoms with Gasteiger partial charge in [0.2, 0.25) is 5.91 Å². The first-order chi connectivity index (χ1) is 16.9. The van der Waals surface area contributed by atoms with Gasteiger partial charge in [-0.25, -0.2) is 19.0 Å². The predicted molar refractivity (Wildman–Crippen MR) is 135 cm³/mol. The third kappa shape index (κ3) is 4.88. The summed E-state index contributed by atoms with van der Waals surface area (Å²) in [7, 11) is 0. The number of hydrogen-bond acceptors (Lipinski definition) is 6. The Hall–Kier alpha value is -3.40. The van der Waals surface area contributed by atoms with Gasteiger partial charge in [0.15, 0.2) is 5.65 Å². The second-order valence-corrected chi connectivity index (χ2v) is 9.72. The minimum absolute atomic E-state index is 0.00759. The minimum Gasteiger partial charge on any atom is -0.355 e. The summed E-state index contributed by atoms with van der Waals surface area (Å²) >= 11 is 3.45. The zero-order valence-electron chi connectivity index (χ0n) is 19.5. The number of fused-ring (bicyclic) bond motifs is 1. The highest BCUT2D eigenvalue weighted by atomic mass is 79.9. The van der Waals surface area contributed by atoms with Gasteiger partial charge in [0, 0.05) is 30.0 Å². The van der Waals surface area contributed by atoms with E-state index in [-0.39, 0.29) is 17.6 Å². The number of piperidine rings is 1. The summed E-state index contributed by atoms with van der Waals surface area (Å²) in [4.78, 5) is 28.2. The van der Waals surface area contributed by atoms with E-state index in [2.05, 4.69) is 46.2 Å². The lowest BCUT2D eigenvalue weighted by Crippen LogP contribution is -2.43. The largest absolute Gasteiger partial charge is 0.355 e. The van der Waals surface area contributed by atoms with Gasteiger partial charge in [-0.1, -0.05) is 6.07 Å². The van der Waals surface area contributed by atoms with Gasteiger partial charge in [-0.15, -0.1) is 5.10 Å². The van der Waals surface area contributed by atoms with Crippen molar-refractivity contribution in [2.75, 3.05) is 18.0 Å². The number of amides is 1. The van der Waals surface area contributed by atoms with Gasteiger partial charge < -0.3 is 10.2 Å². The number of benzene rings is 1. The molecule has 0 spiro atoms. The van der Waals surface area contributed by atoms with Crippen LogP contribution in [-0.4, -0.2) is 43.7 Å². The molecule has 1 aromatic carbocycles. The number of carbonyl (C=O) groups excluding carboxylic acids is 1. The highest BCUT2D eigenvalue weighted by Crippen LogP contribution is 2.28. The fourth-order valence-electron chi connectivity index (χ4n) is 4.33. The molecule has 10 heteroatoms. The first-order valence-corrected chi connectivity index (χ1v) is 12.3. The van der Waals surface area contributed by atoms with Crippen molar-refractivity contribution in [1.82, 2.24) is 30.0 Å². The van der Waals surface area contributed by atoms with E-state index in [0.29, 0.717) is 30.0 Å². The monoisotopic (exact) mass is 537 g/mol. The van der Waals surface area contributed by atoms with Crippen LogP contribution < -0.4 is 10.2 Å². The SMILES string of the molecule is Cc1ccc(-n2cc3c(N4CCC[C@H](C(=O)NCc5cc(C)c(Br)cn5)C4)ncnc3n2)cc1F. The van der Waals surface area contributed by atoms with Gasteiger partial charge >= 0.3 is 0 Å². The average Bonchev–Trinajstić information content (AvgIpc) is 3.31. The van der Waals surface area contributed by atoms with Crippen molar-refractivity contribution >= 4 is 38.7 Å². The Morgan fingerprint density at radius 1 is 1.20 bits per heavy atom. The number of pyridine rings is 1. The Balaban J connectivity index is 1.33. The lowest BCUT2D eigenvalue weighted by molar-refractivity contribution is -0.125. The lowest BCUT2D eigenvalue weighted by Gasteiger charge is -2.33. The number of aryl methyl sites for hydroxylation is 2. The molecular formula is C25H25BrFN7O. The standard InChI is InChI=1S/C25H25BrFN7O/c1-15-5-6-19(9-22(15)27)34-13-20-23(32-34)30-14-31-24(20)33-7-3-4-17(12-33)25(35)29-10-18-8-16(2)21(26)11-28-18/h5-6,8-9,11,13-14,17H,3-4,7,10,12H2,1-2H3,(H,29,35)/t17-/m0/s1. The van der Waals surface area contributed by atoms with Gasteiger partial charge in [-0.3, -0.25) is 9.78 Å². The van der Waals surface area contributed by atoms with Crippen molar-refractivity contribution in [3.63, 3.8) is 0 Å². The molecule has 0 radical (unpaired) electrons. The molecule has 1 amide bonds. The summed E-state index contributed by atoms with van der Waals surface area (Å²) in [5, 5.41) is 8.32. The highest BCUT2D eigenvalue weighted by Gasteiger charge is 2.28. The maximum Gasteiger partial charge on any atom is 0.225 e. The molecule has 4 heterocycles. The van der Waals surface area contributed by atoms with E-state index in [1.54, 1.807) is 23.9 Å². The Morgan fingerprint density at radius 2 is 2.06 bits per heavy atom. The molecule has 1 atom stereocenters. The van der Waals surface area contributed by atoms with Gasteiger partial charge in [0.05, 0.1) is 29.2 Å². The molecule has 0 aliphatic carbocycles. The molecule has 0 bridgehead atoms. The van der Waals surface area contributed by atoms with Crippen molar-refractivity contribution in [3.8, 4) is 5.69 Å². The molecule has 0 saturated carbocycles. The number of rotatable bonds is 5. The summed E-state index contributed by atoms with van der Waals surface area (Å²) in [6.07, 6.45) is 6.74. The number of carbonyl (C=O) groups is 1. The zero-order chi connectivity index (χ0) is 24.5. The Kier molecular flexibility index (Phi) is 6.46. The van der Waals surface area contributed by atoms with Crippen LogP contribution in [0.1, 0.15) is 29.7 Å². The Bertz CT molecular complexity index is 1410. The molecule has 180 valence electrons. The molecule has 1 aliphatic heterocycles. The van der Waals surface area contributed by atoms with Crippen LogP contribution in [-0.2, 0) is 11.3 Å². The molecule has 0 unspecified atom stereocenters. The Labute approximate surface area is 210 Å². The average molecular weight is 538 g/mol. The topological polar surface area (TPSA) is 88.8 Å². The second kappa shape index (κ2) is 9.69. The van der Waals surface area contributed by atoms with Crippen LogP contribution in [0.25, 0.3) is 16.7 Å². The molecule has 1 saturated heterocycles. The van der Waals surface area contributed by atoms with Crippen molar-refractivity contribution in [3.05, 3.63) is 70.1 Å². The normalized spacial score (nSPS) is 16.0. The van der Waals surface area contributed by atoms with Crippen molar-refractivity contribution in [2.45, 2.75) is 33.2 Å². The number of nitrogens with zero attached hydrogens (tertiary/aromatic N) is 6. The predicted octanol–water partition coefficient (Wildman–Crippen LogP) is 4.26. The molecular weight excluding hydrogens is 513 g/mol. The van der Waals surface area contributed by atoms with Crippen molar-refractivity contribution in [1.29, 1.82) is 0 Å². The van der Waals surface area contributed by atoms with Gasteiger partial charge in [-0.05, 0) is 71.9 Å². The maximum atomic E-state index is 14.1. The maximum absolute atomic E-state index is 14.1. The molecule has 1 aliphatic rings. The third-order valence-corrected chi connectivity index (χ3v) is 7.18. The smallest absolute Gasteiger partial charge is 0.225 e. The summed E-state index contributed by atoms with van der Waals surface area (Å²) in [6, 6.07) is 6.97. The zero-order valence-corrected chi connectivity index (χ0v) is 21.1. The van der Waals surface area contributed by atoms with E-state index in [0.717, 1.165) is 46.3 Å². The minimum atomic E-state index is -0.285. The Morgan fingerprint density at radius 3 is 2.86 bits per heavy atom. The first-order valence-electron chi connectivity index (χ1n) is 11.5. The molecule has 1 N–H and O–H groups in total. The van der Waals surface area contributed by atoms with E-state index in [1.807, 2.05) is 25.3 Å². The summed E-state index contributed by atoms with van der Waals surface area (Å²) in [6.45, 7) is 5.45. The fourth-order valence-corrected chi connectivity index (χ4v) is 4.55. The van der Waals surface area contributed by atoms with Crippen molar-refractivity contribution < 1.29 is 9.18 Å². The fraction of sp³-hybridized carbons (Fsp3) is 0.320. The lowest BCUT2D eigenvalue weighted by atomic mass is 9.97. The number of aromatic nitrogens is 5. The number of halogens is 2. The summed E-state index contributed by atoms with van der Waals surface area (Å²) in [5.41, 5.74) is 3.62. The van der Waals surface area contributed by atoms with Crippen LogP contribution in [0.2, 0.25) is 0 Å². The van der Waals surface area contributed by atoms with Gasteiger partial charge in [0.25, 0.3) is 0 Å². The van der Waals surface area contributed by atoms with E-state index in [1.165, 1.54) is 12.4 Å². The highest BCUT2D eigenvalue weighted by molar-refractivity contribution is 9.10. The van der Waals surface area contributed by atoms with Crippen LogP contribution in [0.15, 0.2) is 47.5 Å². The number of nitrogens with one attached hydrogen (secondary N) is 1. The van der Waals surface area contributed by atoms with Crippen LogP contribution in [0.5, 0.6) is 0 Å². The van der Waals surface area contributed by atoms with Gasteiger partial charge in [-0.2, -0.15) is 0 Å². The molecule has 35 heavy (non-hydrogen) atoms. The van der Waals surface area contributed by atoms with Crippen LogP contribution in [0.4, 0.5) is 10.2 Å². The van der Waals surface area contributed by atoms with Crippen molar-refractivity contribution in [2.24, 2.45) is 5.92 Å². The molecule has 1 fully saturated rings. The molecule has 3 aromatic heterocycles. The molecule has 4 aromatic rings.